The minimum Gasteiger partial charge on any atom is -0.384 e. The summed E-state index contributed by atoms with van der Waals surface area (Å²) >= 11 is 1.52. The molecule has 6 heteroatoms. The molecule has 2 N–H and O–H groups in total. The van der Waals surface area contributed by atoms with Crippen LogP contribution in [0.3, 0.4) is 0 Å². The van der Waals surface area contributed by atoms with E-state index in [2.05, 4.69) is 10.1 Å². The van der Waals surface area contributed by atoms with Crippen molar-refractivity contribution in [3.05, 3.63) is 36.3 Å². The van der Waals surface area contributed by atoms with Crippen molar-refractivity contribution < 1.29 is 4.79 Å². The van der Waals surface area contributed by atoms with Crippen molar-refractivity contribution in [3.8, 4) is 10.4 Å². The zero-order valence-electron chi connectivity index (χ0n) is 9.62. The third-order valence-corrected chi connectivity index (χ3v) is 3.81. The summed E-state index contributed by atoms with van der Waals surface area (Å²) in [5, 5.41) is 4.16. The van der Waals surface area contributed by atoms with E-state index in [-0.39, 0.29) is 5.78 Å². The van der Waals surface area contributed by atoms with Crippen LogP contribution in [0.4, 0.5) is 5.82 Å². The first-order chi connectivity index (χ1) is 8.65. The van der Waals surface area contributed by atoms with Crippen LogP contribution in [0, 0.1) is 0 Å². The van der Waals surface area contributed by atoms with Crippen LogP contribution in [0.2, 0.25) is 0 Å². The van der Waals surface area contributed by atoms with Gasteiger partial charge in [-0.2, -0.15) is 5.10 Å². The standard InChI is InChI=1S/C12H10N4OS/c1-7(17)9-5-15-16-6-10(18-12(9)16)8-2-3-11(13)14-4-8/h2-6H,1H3,(H2,13,14). The number of fused-ring (bicyclic) bond motifs is 1. The number of carbonyl (C=O) groups excluding carboxylic acids is 1. The van der Waals surface area contributed by atoms with E-state index in [9.17, 15) is 4.79 Å². The second kappa shape index (κ2) is 3.92. The van der Waals surface area contributed by atoms with Gasteiger partial charge in [0.15, 0.2) is 5.78 Å². The highest BCUT2D eigenvalue weighted by Gasteiger charge is 2.12. The normalized spacial score (nSPS) is 10.9. The monoisotopic (exact) mass is 258 g/mol. The molecule has 0 saturated heterocycles. The molecule has 90 valence electrons. The minimum atomic E-state index is 0.0221. The van der Waals surface area contributed by atoms with Gasteiger partial charge in [-0.3, -0.25) is 4.79 Å². The summed E-state index contributed by atoms with van der Waals surface area (Å²) in [5.41, 5.74) is 7.17. The molecule has 0 aliphatic carbocycles. The number of rotatable bonds is 2. The zero-order chi connectivity index (χ0) is 12.7. The van der Waals surface area contributed by atoms with Gasteiger partial charge in [-0.25, -0.2) is 9.50 Å². The first kappa shape index (κ1) is 10.9. The Morgan fingerprint density at radius 1 is 1.39 bits per heavy atom. The van der Waals surface area contributed by atoms with Gasteiger partial charge in [0.05, 0.1) is 16.6 Å². The fraction of sp³-hybridized carbons (Fsp3) is 0.0833. The van der Waals surface area contributed by atoms with Gasteiger partial charge in [0.25, 0.3) is 0 Å². The average Bonchev–Trinajstić information content (AvgIpc) is 2.88. The van der Waals surface area contributed by atoms with Crippen LogP contribution < -0.4 is 5.73 Å². The third-order valence-electron chi connectivity index (χ3n) is 2.65. The molecule has 18 heavy (non-hydrogen) atoms. The van der Waals surface area contributed by atoms with Crippen molar-refractivity contribution in [3.63, 3.8) is 0 Å². The summed E-state index contributed by atoms with van der Waals surface area (Å²) in [6.07, 6.45) is 5.20. The quantitative estimate of drug-likeness (QED) is 0.715. The molecule has 3 aromatic rings. The molecule has 3 heterocycles. The molecule has 3 rings (SSSR count). The second-order valence-electron chi connectivity index (χ2n) is 3.93. The average molecular weight is 258 g/mol. The fourth-order valence-corrected chi connectivity index (χ4v) is 2.81. The largest absolute Gasteiger partial charge is 0.384 e. The summed E-state index contributed by atoms with van der Waals surface area (Å²) in [6, 6.07) is 3.66. The maximum absolute atomic E-state index is 11.4. The van der Waals surface area contributed by atoms with E-state index in [0.29, 0.717) is 11.4 Å². The Morgan fingerprint density at radius 2 is 2.22 bits per heavy atom. The number of anilines is 1. The van der Waals surface area contributed by atoms with Crippen molar-refractivity contribution >= 4 is 27.8 Å². The Morgan fingerprint density at radius 3 is 2.89 bits per heavy atom. The lowest BCUT2D eigenvalue weighted by Crippen LogP contribution is -1.88. The fourth-order valence-electron chi connectivity index (χ4n) is 1.71. The predicted molar refractivity (Wildman–Crippen MR) is 70.7 cm³/mol. The molecule has 0 atom stereocenters. The Hall–Kier alpha value is -2.21. The Labute approximate surface area is 107 Å². The number of hydrogen-bond donors (Lipinski definition) is 1. The van der Waals surface area contributed by atoms with Gasteiger partial charge >= 0.3 is 0 Å². The number of nitrogen functional groups attached to an aromatic ring is 1. The second-order valence-corrected chi connectivity index (χ2v) is 4.96. The first-order valence-electron chi connectivity index (χ1n) is 5.35. The van der Waals surface area contributed by atoms with E-state index in [1.165, 1.54) is 11.3 Å². The van der Waals surface area contributed by atoms with Gasteiger partial charge in [0, 0.05) is 18.0 Å². The number of thiazole rings is 1. The lowest BCUT2D eigenvalue weighted by Gasteiger charge is -1.95. The lowest BCUT2D eigenvalue weighted by molar-refractivity contribution is 0.101. The van der Waals surface area contributed by atoms with E-state index < -0.39 is 0 Å². The summed E-state index contributed by atoms with van der Waals surface area (Å²) in [6.45, 7) is 1.54. The smallest absolute Gasteiger partial charge is 0.164 e. The van der Waals surface area contributed by atoms with Gasteiger partial charge < -0.3 is 5.73 Å². The highest BCUT2D eigenvalue weighted by Crippen LogP contribution is 2.30. The Kier molecular flexibility index (Phi) is 2.38. The van der Waals surface area contributed by atoms with Crippen molar-refractivity contribution in [2.24, 2.45) is 0 Å². The summed E-state index contributed by atoms with van der Waals surface area (Å²) in [5.74, 6) is 0.512. The maximum Gasteiger partial charge on any atom is 0.164 e. The molecule has 3 aromatic heterocycles. The van der Waals surface area contributed by atoms with Gasteiger partial charge in [0.1, 0.15) is 10.6 Å². The predicted octanol–water partition coefficient (Wildman–Crippen LogP) is 2.24. The number of ketones is 1. The van der Waals surface area contributed by atoms with Gasteiger partial charge in [-0.15, -0.1) is 11.3 Å². The van der Waals surface area contributed by atoms with Crippen molar-refractivity contribution in [1.82, 2.24) is 14.6 Å². The first-order valence-corrected chi connectivity index (χ1v) is 6.17. The van der Waals surface area contributed by atoms with E-state index in [4.69, 9.17) is 5.73 Å². The molecule has 0 unspecified atom stereocenters. The number of nitrogens with two attached hydrogens (primary N) is 1. The van der Waals surface area contributed by atoms with Crippen LogP contribution in [0.1, 0.15) is 17.3 Å². The molecular formula is C12H10N4OS. The maximum atomic E-state index is 11.4. The summed E-state index contributed by atoms with van der Waals surface area (Å²) in [7, 11) is 0. The summed E-state index contributed by atoms with van der Waals surface area (Å²) < 4.78 is 1.72. The molecule has 0 spiro atoms. The van der Waals surface area contributed by atoms with Crippen molar-refractivity contribution in [1.29, 1.82) is 0 Å². The molecule has 0 aliphatic heterocycles. The van der Waals surface area contributed by atoms with Crippen LogP contribution in [-0.4, -0.2) is 20.4 Å². The minimum absolute atomic E-state index is 0.0221. The van der Waals surface area contributed by atoms with E-state index in [1.807, 2.05) is 12.3 Å². The molecule has 0 fully saturated rings. The van der Waals surface area contributed by atoms with Gasteiger partial charge in [0.2, 0.25) is 0 Å². The molecular weight excluding hydrogens is 248 g/mol. The SMILES string of the molecule is CC(=O)c1cnn2cc(-c3ccc(N)nc3)sc12. The van der Waals surface area contributed by atoms with Crippen LogP contribution in [0.15, 0.2) is 30.7 Å². The molecule has 0 bridgehead atoms. The number of nitrogens with zero attached hydrogens (tertiary/aromatic N) is 3. The van der Waals surface area contributed by atoms with Crippen molar-refractivity contribution in [2.45, 2.75) is 6.92 Å². The molecule has 0 radical (unpaired) electrons. The lowest BCUT2D eigenvalue weighted by atomic mass is 10.2. The van der Waals surface area contributed by atoms with Gasteiger partial charge in [-0.1, -0.05) is 0 Å². The zero-order valence-corrected chi connectivity index (χ0v) is 10.4. The van der Waals surface area contributed by atoms with Crippen LogP contribution >= 0.6 is 11.3 Å². The molecule has 0 saturated carbocycles. The number of carbonyl (C=O) groups is 1. The third kappa shape index (κ3) is 1.67. The molecule has 0 aromatic carbocycles. The number of hydrogen-bond acceptors (Lipinski definition) is 5. The number of aromatic nitrogens is 3. The van der Waals surface area contributed by atoms with Crippen LogP contribution in [0.5, 0.6) is 0 Å². The highest BCUT2D eigenvalue weighted by atomic mass is 32.1. The van der Waals surface area contributed by atoms with E-state index in [1.54, 1.807) is 29.9 Å². The van der Waals surface area contributed by atoms with Crippen LogP contribution in [0.25, 0.3) is 15.3 Å². The van der Waals surface area contributed by atoms with E-state index >= 15 is 0 Å². The molecule has 0 amide bonds. The van der Waals surface area contributed by atoms with Gasteiger partial charge in [-0.05, 0) is 19.1 Å². The summed E-state index contributed by atoms with van der Waals surface area (Å²) in [4.78, 5) is 17.4. The van der Waals surface area contributed by atoms with E-state index in [0.717, 1.165) is 15.3 Å². The Balaban J connectivity index is 2.13. The van der Waals surface area contributed by atoms with Crippen molar-refractivity contribution in [2.75, 3.05) is 5.73 Å². The van der Waals surface area contributed by atoms with Crippen LogP contribution in [-0.2, 0) is 0 Å². The molecule has 0 aliphatic rings. The topological polar surface area (TPSA) is 73.3 Å². The Bertz CT molecular complexity index is 726. The molecule has 5 nitrogen and oxygen atoms in total. The number of Topliss-reactive ketones (excluding diaryl/α,β-unsaturated/α-hetero) is 1. The number of pyridine rings is 1. The highest BCUT2D eigenvalue weighted by molar-refractivity contribution is 7.21.